The maximum absolute atomic E-state index is 13.4. The van der Waals surface area contributed by atoms with Crippen molar-refractivity contribution in [3.63, 3.8) is 0 Å². The van der Waals surface area contributed by atoms with Crippen molar-refractivity contribution in [3.8, 4) is 0 Å². The summed E-state index contributed by atoms with van der Waals surface area (Å²) in [6, 6.07) is -1.31. The molecule has 0 aromatic rings. The summed E-state index contributed by atoms with van der Waals surface area (Å²) in [5, 5.41) is 2.98. The molecule has 196 valence electrons. The molecule has 0 radical (unpaired) electrons. The minimum atomic E-state index is -0.712. The lowest BCUT2D eigenvalue weighted by Crippen LogP contribution is -2.55. The molecule has 2 aliphatic heterocycles. The molecule has 4 atom stereocenters. The molecule has 4 rings (SSSR count). The van der Waals surface area contributed by atoms with Gasteiger partial charge in [-0.05, 0) is 76.7 Å². The van der Waals surface area contributed by atoms with E-state index >= 15 is 0 Å². The summed E-state index contributed by atoms with van der Waals surface area (Å²) in [5.41, 5.74) is 2.53. The average Bonchev–Trinajstić information content (AvgIpc) is 3.76. The molecular formula is C25H40N4O5S. The molecule has 4 aliphatic rings. The fourth-order valence-corrected chi connectivity index (χ4v) is 5.23. The summed E-state index contributed by atoms with van der Waals surface area (Å²) in [6.07, 6.45) is 13.2. The molecule has 35 heavy (non-hydrogen) atoms. The van der Waals surface area contributed by atoms with Crippen LogP contribution in [0.5, 0.6) is 0 Å². The Labute approximate surface area is 212 Å². The van der Waals surface area contributed by atoms with Gasteiger partial charge in [0.25, 0.3) is 11.8 Å². The van der Waals surface area contributed by atoms with Crippen molar-refractivity contribution in [2.75, 3.05) is 6.54 Å². The van der Waals surface area contributed by atoms with E-state index in [1.165, 1.54) is 11.9 Å². The Bertz CT molecular complexity index is 801. The van der Waals surface area contributed by atoms with Crippen molar-refractivity contribution < 1.29 is 24.1 Å². The molecule has 0 aromatic carbocycles. The molecule has 3 amide bonds. The monoisotopic (exact) mass is 508 g/mol. The fraction of sp³-hybridized carbons (Fsp3) is 0.800. The summed E-state index contributed by atoms with van der Waals surface area (Å²) in [4.78, 5) is 52.6. The van der Waals surface area contributed by atoms with Crippen molar-refractivity contribution in [1.82, 2.24) is 20.6 Å². The van der Waals surface area contributed by atoms with E-state index in [1.807, 2.05) is 13.0 Å². The van der Waals surface area contributed by atoms with Crippen molar-refractivity contribution >= 4 is 29.7 Å². The molecular weight excluding hydrogens is 468 g/mol. The summed E-state index contributed by atoms with van der Waals surface area (Å²) < 4.78 is 3.07. The summed E-state index contributed by atoms with van der Waals surface area (Å²) in [7, 11) is 0. The molecule has 9 nitrogen and oxygen atoms in total. The van der Waals surface area contributed by atoms with Crippen molar-refractivity contribution in [3.05, 3.63) is 12.2 Å². The number of amides is 3. The van der Waals surface area contributed by atoms with E-state index in [0.29, 0.717) is 19.4 Å². The van der Waals surface area contributed by atoms with Crippen LogP contribution in [0.25, 0.3) is 0 Å². The molecule has 2 saturated carbocycles. The van der Waals surface area contributed by atoms with Crippen LogP contribution >= 0.6 is 11.9 Å². The topological polar surface area (TPSA) is 109 Å². The highest BCUT2D eigenvalue weighted by atomic mass is 32.2. The SMILES string of the molecule is C[C@H]1/C=C\CCCCC[C@H](ONOC2CC2)C(=O)N2CCCC2C(=O)NC1C(=O)NSC1(C)CC1. The van der Waals surface area contributed by atoms with Crippen molar-refractivity contribution in [2.24, 2.45) is 5.92 Å². The number of nitrogens with zero attached hydrogens (tertiary/aromatic N) is 1. The minimum Gasteiger partial charge on any atom is -0.342 e. The second-order valence-electron chi connectivity index (χ2n) is 10.6. The van der Waals surface area contributed by atoms with Crippen LogP contribution in [0.2, 0.25) is 0 Å². The van der Waals surface area contributed by atoms with Crippen LogP contribution in [0.4, 0.5) is 0 Å². The van der Waals surface area contributed by atoms with E-state index in [-0.39, 0.29) is 34.5 Å². The standard InChI is InChI=1S/C25H40N4O5S/c1-17-9-6-4-3-5-7-11-20(34-28-33-18-12-13-18)24(32)29-16-8-10-19(29)22(30)26-21(17)23(31)27-35-25(2)14-15-25/h6,9,17-21,28H,3-5,7-8,10-16H2,1-2H3,(H,26,30)(H,27,31)/b9-6-/t17-,19?,20-,21?/m0/s1. The normalized spacial score (nSPS) is 32.7. The largest absolute Gasteiger partial charge is 0.342 e. The Morgan fingerprint density at radius 2 is 1.91 bits per heavy atom. The molecule has 0 bridgehead atoms. The smallest absolute Gasteiger partial charge is 0.254 e. The maximum atomic E-state index is 13.4. The van der Waals surface area contributed by atoms with E-state index < -0.39 is 18.2 Å². The van der Waals surface area contributed by atoms with Gasteiger partial charge in [-0.25, -0.2) is 0 Å². The van der Waals surface area contributed by atoms with E-state index in [9.17, 15) is 14.4 Å². The quantitative estimate of drug-likeness (QED) is 0.276. The third-order valence-electron chi connectivity index (χ3n) is 7.28. The molecule has 10 heteroatoms. The number of nitrogens with one attached hydrogen (secondary N) is 3. The van der Waals surface area contributed by atoms with Gasteiger partial charge in [-0.2, -0.15) is 0 Å². The second kappa shape index (κ2) is 12.1. The summed E-state index contributed by atoms with van der Waals surface area (Å²) in [6.45, 7) is 4.58. The first kappa shape index (κ1) is 26.4. The Morgan fingerprint density at radius 3 is 2.66 bits per heavy atom. The molecule has 2 heterocycles. The molecule has 2 aliphatic carbocycles. The number of carbonyl (C=O) groups excluding carboxylic acids is 3. The van der Waals surface area contributed by atoms with Gasteiger partial charge >= 0.3 is 0 Å². The number of carbonyl (C=O) groups is 3. The lowest BCUT2D eigenvalue weighted by atomic mass is 9.99. The number of hydrogen-bond donors (Lipinski definition) is 3. The third-order valence-corrected chi connectivity index (χ3v) is 8.48. The maximum Gasteiger partial charge on any atom is 0.254 e. The zero-order valence-corrected chi connectivity index (χ0v) is 21.7. The number of allylic oxidation sites excluding steroid dienone is 1. The fourth-order valence-electron chi connectivity index (χ4n) is 4.45. The summed E-state index contributed by atoms with van der Waals surface area (Å²) >= 11 is 1.45. The Kier molecular flexibility index (Phi) is 9.13. The van der Waals surface area contributed by atoms with Gasteiger partial charge in [0.15, 0.2) is 6.10 Å². The minimum absolute atomic E-state index is 0.0967. The van der Waals surface area contributed by atoms with E-state index in [4.69, 9.17) is 9.68 Å². The number of fused-ring (bicyclic) bond motifs is 1. The second-order valence-corrected chi connectivity index (χ2v) is 12.0. The molecule has 2 unspecified atom stereocenters. The molecule has 3 fully saturated rings. The van der Waals surface area contributed by atoms with Gasteiger partial charge in [-0.15, -0.1) is 0 Å². The highest BCUT2D eigenvalue weighted by molar-refractivity contribution is 7.99. The molecule has 3 N–H and O–H groups in total. The zero-order chi connectivity index (χ0) is 24.8. The molecule has 0 spiro atoms. The van der Waals surface area contributed by atoms with Gasteiger partial charge in [0.2, 0.25) is 5.91 Å². The van der Waals surface area contributed by atoms with Crippen LogP contribution < -0.4 is 15.7 Å². The van der Waals surface area contributed by atoms with Gasteiger partial charge in [-0.3, -0.25) is 28.8 Å². The first-order valence-electron chi connectivity index (χ1n) is 13.2. The van der Waals surface area contributed by atoms with E-state index in [0.717, 1.165) is 57.8 Å². The van der Waals surface area contributed by atoms with Gasteiger partial charge in [0.1, 0.15) is 12.1 Å². The lowest BCUT2D eigenvalue weighted by molar-refractivity contribution is -0.211. The first-order valence-corrected chi connectivity index (χ1v) is 14.0. The lowest BCUT2D eigenvalue weighted by Gasteiger charge is -2.30. The summed E-state index contributed by atoms with van der Waals surface area (Å²) in [5.74, 6) is -0.845. The number of rotatable bonds is 7. The first-order chi connectivity index (χ1) is 16.9. The van der Waals surface area contributed by atoms with Gasteiger partial charge < -0.3 is 10.2 Å². The van der Waals surface area contributed by atoms with Gasteiger partial charge in [0, 0.05) is 17.2 Å². The highest BCUT2D eigenvalue weighted by Crippen LogP contribution is 2.46. The van der Waals surface area contributed by atoms with Crippen LogP contribution in [0, 0.1) is 5.92 Å². The Balaban J connectivity index is 1.45. The van der Waals surface area contributed by atoms with Crippen molar-refractivity contribution in [1.29, 1.82) is 0 Å². The zero-order valence-electron chi connectivity index (χ0n) is 20.9. The van der Waals surface area contributed by atoms with Gasteiger partial charge in [-0.1, -0.05) is 37.6 Å². The molecule has 1 saturated heterocycles. The Hall–Kier alpha value is -1.62. The van der Waals surface area contributed by atoms with Crippen LogP contribution in [0.1, 0.15) is 84.5 Å². The van der Waals surface area contributed by atoms with Crippen molar-refractivity contribution in [2.45, 2.75) is 114 Å². The van der Waals surface area contributed by atoms with Crippen LogP contribution in [0.15, 0.2) is 12.2 Å². The predicted molar refractivity (Wildman–Crippen MR) is 134 cm³/mol. The average molecular weight is 509 g/mol. The predicted octanol–water partition coefficient (Wildman–Crippen LogP) is 2.92. The number of hydrogen-bond acceptors (Lipinski definition) is 7. The van der Waals surface area contributed by atoms with Crippen LogP contribution in [-0.4, -0.2) is 58.2 Å². The van der Waals surface area contributed by atoms with E-state index in [2.05, 4.69) is 28.7 Å². The third kappa shape index (κ3) is 7.68. The van der Waals surface area contributed by atoms with Crippen LogP contribution in [-0.2, 0) is 24.1 Å². The highest BCUT2D eigenvalue weighted by Gasteiger charge is 2.42. The van der Waals surface area contributed by atoms with E-state index in [1.54, 1.807) is 4.90 Å². The molecule has 0 aromatic heterocycles. The Morgan fingerprint density at radius 1 is 1.11 bits per heavy atom. The van der Waals surface area contributed by atoms with Gasteiger partial charge in [0.05, 0.1) is 6.10 Å². The van der Waals surface area contributed by atoms with Crippen LogP contribution in [0.3, 0.4) is 0 Å².